The van der Waals surface area contributed by atoms with Crippen LogP contribution in [-0.4, -0.2) is 39.6 Å². The molecule has 0 spiro atoms. The SMILES string of the molecule is CCCC(C)(C)NC(=O)C1=NC=CC(NC(=O)CC2=C(O)C=CC(Cl)C2C)C1C. The Labute approximate surface area is 178 Å². The number of aliphatic imine (C=N–C) groups is 1. The minimum Gasteiger partial charge on any atom is -0.508 e. The number of amides is 2. The van der Waals surface area contributed by atoms with Crippen LogP contribution < -0.4 is 10.6 Å². The number of allylic oxidation sites excluding steroid dienone is 2. The molecule has 0 fully saturated rings. The van der Waals surface area contributed by atoms with E-state index in [1.54, 1.807) is 18.4 Å². The summed E-state index contributed by atoms with van der Waals surface area (Å²) in [5.41, 5.74) is 0.699. The Morgan fingerprint density at radius 2 is 1.93 bits per heavy atom. The Morgan fingerprint density at radius 1 is 1.24 bits per heavy atom. The van der Waals surface area contributed by atoms with E-state index in [0.717, 1.165) is 12.8 Å². The molecule has 4 atom stereocenters. The summed E-state index contributed by atoms with van der Waals surface area (Å²) in [4.78, 5) is 29.6. The van der Waals surface area contributed by atoms with Crippen LogP contribution in [0.2, 0.25) is 0 Å². The van der Waals surface area contributed by atoms with Crippen LogP contribution in [0, 0.1) is 11.8 Å². The molecule has 6 nitrogen and oxygen atoms in total. The highest BCUT2D eigenvalue weighted by molar-refractivity contribution is 6.40. The van der Waals surface area contributed by atoms with Gasteiger partial charge in [-0.3, -0.25) is 14.6 Å². The highest BCUT2D eigenvalue weighted by Gasteiger charge is 2.32. The van der Waals surface area contributed by atoms with Crippen molar-refractivity contribution >= 4 is 29.1 Å². The van der Waals surface area contributed by atoms with Crippen LogP contribution in [0.4, 0.5) is 0 Å². The third kappa shape index (κ3) is 5.95. The topological polar surface area (TPSA) is 90.8 Å². The van der Waals surface area contributed by atoms with Gasteiger partial charge in [0.1, 0.15) is 11.5 Å². The lowest BCUT2D eigenvalue weighted by Gasteiger charge is -2.30. The second-order valence-corrected chi connectivity index (χ2v) is 9.01. The molecule has 0 saturated carbocycles. The molecule has 2 amide bonds. The lowest BCUT2D eigenvalue weighted by atomic mass is 9.88. The van der Waals surface area contributed by atoms with Gasteiger partial charge in [0.2, 0.25) is 5.91 Å². The quantitative estimate of drug-likeness (QED) is 0.546. The van der Waals surface area contributed by atoms with Crippen LogP contribution in [0.25, 0.3) is 0 Å². The Hall–Kier alpha value is -2.08. The molecule has 1 heterocycles. The summed E-state index contributed by atoms with van der Waals surface area (Å²) in [5, 5.41) is 15.8. The van der Waals surface area contributed by atoms with Crippen molar-refractivity contribution in [3.8, 4) is 0 Å². The molecule has 0 aromatic carbocycles. The highest BCUT2D eigenvalue weighted by Crippen LogP contribution is 2.30. The summed E-state index contributed by atoms with van der Waals surface area (Å²) in [6.45, 7) is 9.81. The molecule has 2 rings (SSSR count). The van der Waals surface area contributed by atoms with E-state index < -0.39 is 0 Å². The van der Waals surface area contributed by atoms with E-state index in [1.165, 1.54) is 6.08 Å². The number of halogens is 1. The molecule has 0 radical (unpaired) electrons. The van der Waals surface area contributed by atoms with Gasteiger partial charge < -0.3 is 15.7 Å². The van der Waals surface area contributed by atoms with Crippen molar-refractivity contribution in [1.82, 2.24) is 10.6 Å². The lowest BCUT2D eigenvalue weighted by Crippen LogP contribution is -2.51. The molecule has 1 aliphatic heterocycles. The number of hydrogen-bond donors (Lipinski definition) is 3. The largest absolute Gasteiger partial charge is 0.508 e. The maximum Gasteiger partial charge on any atom is 0.266 e. The third-order valence-electron chi connectivity index (χ3n) is 5.51. The predicted molar refractivity (Wildman–Crippen MR) is 117 cm³/mol. The van der Waals surface area contributed by atoms with Gasteiger partial charge in [-0.15, -0.1) is 11.6 Å². The summed E-state index contributed by atoms with van der Waals surface area (Å²) in [6, 6.07) is -0.348. The molecule has 4 unspecified atom stereocenters. The number of alkyl halides is 1. The first-order chi connectivity index (χ1) is 13.6. The van der Waals surface area contributed by atoms with Gasteiger partial charge in [0.15, 0.2) is 0 Å². The van der Waals surface area contributed by atoms with Gasteiger partial charge in [-0.1, -0.05) is 33.3 Å². The zero-order chi connectivity index (χ0) is 21.8. The molecule has 2 aliphatic rings. The molecule has 1 aliphatic carbocycles. The zero-order valence-electron chi connectivity index (χ0n) is 17.8. The van der Waals surface area contributed by atoms with Crippen LogP contribution in [-0.2, 0) is 9.59 Å². The number of carbonyl (C=O) groups is 2. The van der Waals surface area contributed by atoms with E-state index >= 15 is 0 Å². The van der Waals surface area contributed by atoms with E-state index in [0.29, 0.717) is 11.3 Å². The maximum absolute atomic E-state index is 12.7. The Bertz CT molecular complexity index is 767. The molecule has 0 saturated heterocycles. The van der Waals surface area contributed by atoms with Crippen molar-refractivity contribution in [2.45, 2.75) is 70.8 Å². The number of aliphatic hydroxyl groups excluding tert-OH is 1. The van der Waals surface area contributed by atoms with Crippen LogP contribution in [0.1, 0.15) is 53.9 Å². The number of carbonyl (C=O) groups excluding carboxylic acids is 2. The van der Waals surface area contributed by atoms with Crippen molar-refractivity contribution in [1.29, 1.82) is 0 Å². The number of hydrogen-bond acceptors (Lipinski definition) is 4. The molecule has 0 aromatic rings. The molecule has 7 heteroatoms. The first-order valence-electron chi connectivity index (χ1n) is 10.2. The molecular formula is C22H32ClN3O3. The van der Waals surface area contributed by atoms with Crippen molar-refractivity contribution in [2.24, 2.45) is 16.8 Å². The predicted octanol–water partition coefficient (Wildman–Crippen LogP) is 3.79. The molecule has 160 valence electrons. The van der Waals surface area contributed by atoms with E-state index in [-0.39, 0.29) is 52.8 Å². The van der Waals surface area contributed by atoms with Crippen LogP contribution >= 0.6 is 11.6 Å². The van der Waals surface area contributed by atoms with E-state index in [1.807, 2.05) is 27.7 Å². The second-order valence-electron chi connectivity index (χ2n) is 8.51. The summed E-state index contributed by atoms with van der Waals surface area (Å²) in [5.74, 6) is -0.747. The van der Waals surface area contributed by atoms with Crippen LogP contribution in [0.5, 0.6) is 0 Å². The number of rotatable bonds is 7. The summed E-state index contributed by atoms with van der Waals surface area (Å²) in [7, 11) is 0. The van der Waals surface area contributed by atoms with Crippen LogP contribution in [0.3, 0.4) is 0 Å². The zero-order valence-corrected chi connectivity index (χ0v) is 18.6. The fourth-order valence-corrected chi connectivity index (χ4v) is 3.94. The van der Waals surface area contributed by atoms with Crippen molar-refractivity contribution < 1.29 is 14.7 Å². The molecular weight excluding hydrogens is 390 g/mol. The summed E-state index contributed by atoms with van der Waals surface area (Å²) < 4.78 is 0. The standard InChI is InChI=1S/C22H32ClN3O3/c1-6-10-22(4,5)26-21(29)20-14(3)17(9-11-24-20)25-19(28)12-15-13(2)16(23)7-8-18(15)27/h7-9,11,13-14,16-17,27H,6,10,12H2,1-5H3,(H,25,28)(H,26,29). The smallest absolute Gasteiger partial charge is 0.266 e. The van der Waals surface area contributed by atoms with Crippen molar-refractivity contribution in [2.75, 3.05) is 0 Å². The minimum atomic E-state index is -0.348. The first-order valence-corrected chi connectivity index (χ1v) is 10.6. The van der Waals surface area contributed by atoms with Crippen molar-refractivity contribution in [3.63, 3.8) is 0 Å². The van der Waals surface area contributed by atoms with E-state index in [2.05, 4.69) is 22.5 Å². The van der Waals surface area contributed by atoms with Gasteiger partial charge in [0.25, 0.3) is 5.91 Å². The monoisotopic (exact) mass is 421 g/mol. The average molecular weight is 422 g/mol. The molecule has 3 N–H and O–H groups in total. The van der Waals surface area contributed by atoms with Gasteiger partial charge in [-0.05, 0) is 38.0 Å². The van der Waals surface area contributed by atoms with Gasteiger partial charge in [-0.2, -0.15) is 0 Å². The number of aliphatic hydroxyl groups is 1. The summed E-state index contributed by atoms with van der Waals surface area (Å²) in [6.07, 6.45) is 8.48. The average Bonchev–Trinajstić information content (AvgIpc) is 2.63. The number of nitrogens with zero attached hydrogens (tertiary/aromatic N) is 1. The number of nitrogens with one attached hydrogen (secondary N) is 2. The highest BCUT2D eigenvalue weighted by atomic mass is 35.5. The maximum atomic E-state index is 12.7. The second kappa shape index (κ2) is 9.61. The van der Waals surface area contributed by atoms with Gasteiger partial charge >= 0.3 is 0 Å². The van der Waals surface area contributed by atoms with Gasteiger partial charge in [0.05, 0.1) is 17.8 Å². The Balaban J connectivity index is 2.01. The fourth-order valence-electron chi connectivity index (χ4n) is 3.71. The normalized spacial score (nSPS) is 26.9. The van der Waals surface area contributed by atoms with Crippen molar-refractivity contribution in [3.05, 3.63) is 35.8 Å². The molecule has 29 heavy (non-hydrogen) atoms. The molecule has 0 aromatic heterocycles. The summed E-state index contributed by atoms with van der Waals surface area (Å²) >= 11 is 6.22. The first kappa shape index (κ1) is 23.2. The Morgan fingerprint density at radius 3 is 2.59 bits per heavy atom. The van der Waals surface area contributed by atoms with E-state index in [4.69, 9.17) is 11.6 Å². The lowest BCUT2D eigenvalue weighted by molar-refractivity contribution is -0.121. The van der Waals surface area contributed by atoms with E-state index in [9.17, 15) is 14.7 Å². The Kier molecular flexibility index (Phi) is 7.69. The molecule has 0 bridgehead atoms. The minimum absolute atomic E-state index is 0.0554. The third-order valence-corrected chi connectivity index (χ3v) is 6.03. The van der Waals surface area contributed by atoms with Gasteiger partial charge in [-0.25, -0.2) is 0 Å². The van der Waals surface area contributed by atoms with Gasteiger partial charge in [0, 0.05) is 23.6 Å². The van der Waals surface area contributed by atoms with Crippen LogP contribution in [0.15, 0.2) is 40.8 Å². The fraction of sp³-hybridized carbons (Fsp3) is 0.591.